The maximum atomic E-state index is 11.9. The van der Waals surface area contributed by atoms with Crippen molar-refractivity contribution in [1.82, 2.24) is 0 Å². The van der Waals surface area contributed by atoms with Crippen LogP contribution in [0, 0.1) is 0 Å². The average molecular weight is 330 g/mol. The molecule has 1 aromatic carbocycles. The molecule has 1 aromatic rings. The Morgan fingerprint density at radius 3 is 2.41 bits per heavy atom. The lowest BCUT2D eigenvalue weighted by atomic mass is 10.2. The molecular formula is C16H26ClN2O3-. The first-order valence-electron chi connectivity index (χ1n) is 7.61. The van der Waals surface area contributed by atoms with E-state index in [1.165, 1.54) is 11.0 Å². The van der Waals surface area contributed by atoms with Gasteiger partial charge in [-0.3, -0.25) is 0 Å². The summed E-state index contributed by atoms with van der Waals surface area (Å²) in [6, 6.07) is 4.80. The maximum Gasteiger partial charge on any atom is 0.338 e. The molecule has 0 aliphatic rings. The van der Waals surface area contributed by atoms with Crippen LogP contribution < -0.4 is 22.0 Å². The zero-order valence-corrected chi connectivity index (χ0v) is 14.3. The number of carbonyl (C=O) groups excluding carboxylic acids is 1. The standard InChI is InChI=1S/C16H25N2O3.ClH/c1-4-10-20-15-8-7-13(12-14(15)17)16(19)21-11-9-18(5-2)6-3;/h7-8,12,17H,4-6,9-11H2,1-3H3;1H/q-1;. The van der Waals surface area contributed by atoms with Gasteiger partial charge < -0.3 is 32.5 Å². The number of rotatable bonds is 9. The molecule has 22 heavy (non-hydrogen) atoms. The normalized spacial score (nSPS) is 10.2. The molecular weight excluding hydrogens is 304 g/mol. The Kier molecular flexibility index (Phi) is 10.4. The second-order valence-electron chi connectivity index (χ2n) is 4.90. The first kappa shape index (κ1) is 20.5. The minimum absolute atomic E-state index is 0. The van der Waals surface area contributed by atoms with Crippen molar-refractivity contribution >= 4 is 11.7 Å². The first-order valence-corrected chi connectivity index (χ1v) is 7.61. The quantitative estimate of drug-likeness (QED) is 0.606. The highest BCUT2D eigenvalue weighted by atomic mass is 35.5. The van der Waals surface area contributed by atoms with Crippen LogP contribution in [0.1, 0.15) is 37.6 Å². The molecule has 1 rings (SSSR count). The summed E-state index contributed by atoms with van der Waals surface area (Å²) in [7, 11) is 0. The van der Waals surface area contributed by atoms with Gasteiger partial charge in [-0.2, -0.15) is 0 Å². The highest BCUT2D eigenvalue weighted by Crippen LogP contribution is 2.28. The summed E-state index contributed by atoms with van der Waals surface area (Å²) in [4.78, 5) is 13.3. The lowest BCUT2D eigenvalue weighted by Gasteiger charge is -2.16. The third kappa shape index (κ3) is 6.54. The van der Waals surface area contributed by atoms with Crippen LogP contribution in [0.25, 0.3) is 5.73 Å². The smallest absolute Gasteiger partial charge is 0.338 e. The van der Waals surface area contributed by atoms with Crippen LogP contribution in [0.5, 0.6) is 5.75 Å². The topological polar surface area (TPSA) is 63.8 Å². The van der Waals surface area contributed by atoms with E-state index in [-0.39, 0.29) is 24.1 Å². The minimum Gasteiger partial charge on any atom is -1.00 e. The fraction of sp³-hybridized carbons (Fsp3) is 0.562. The Labute approximate surface area is 139 Å². The zero-order chi connectivity index (χ0) is 15.7. The predicted molar refractivity (Wildman–Crippen MR) is 83.4 cm³/mol. The lowest BCUT2D eigenvalue weighted by Crippen LogP contribution is -3.11. The molecule has 126 valence electrons. The summed E-state index contributed by atoms with van der Waals surface area (Å²) >= 11 is 0. The first-order chi connectivity index (χ1) is 10.1. The summed E-state index contributed by atoms with van der Waals surface area (Å²) < 4.78 is 10.7. The predicted octanol–water partition coefficient (Wildman–Crippen LogP) is -0.755. The van der Waals surface area contributed by atoms with Crippen molar-refractivity contribution in [2.75, 3.05) is 32.8 Å². The number of nitrogens with one attached hydrogen (secondary N) is 2. The van der Waals surface area contributed by atoms with Crippen molar-refractivity contribution in [3.8, 4) is 5.75 Å². The number of ether oxygens (including phenoxy) is 2. The zero-order valence-electron chi connectivity index (χ0n) is 13.6. The van der Waals surface area contributed by atoms with Crippen molar-refractivity contribution in [3.63, 3.8) is 0 Å². The van der Waals surface area contributed by atoms with E-state index in [1.807, 2.05) is 6.92 Å². The fourth-order valence-electron chi connectivity index (χ4n) is 1.97. The van der Waals surface area contributed by atoms with Crippen LogP contribution >= 0.6 is 0 Å². The third-order valence-electron chi connectivity index (χ3n) is 3.37. The molecule has 0 amide bonds. The number of carbonyl (C=O) groups is 1. The second kappa shape index (κ2) is 11.2. The monoisotopic (exact) mass is 329 g/mol. The van der Waals surface area contributed by atoms with Crippen molar-refractivity contribution < 1.29 is 31.6 Å². The number of hydrogen-bond donors (Lipinski definition) is 1. The van der Waals surface area contributed by atoms with Gasteiger partial charge in [0.1, 0.15) is 18.9 Å². The fourth-order valence-corrected chi connectivity index (χ4v) is 1.97. The summed E-state index contributed by atoms with van der Waals surface area (Å²) in [5.74, 6) is 0.123. The van der Waals surface area contributed by atoms with Crippen LogP contribution in [-0.2, 0) is 4.74 Å². The molecule has 0 fully saturated rings. The van der Waals surface area contributed by atoms with E-state index in [0.29, 0.717) is 24.5 Å². The van der Waals surface area contributed by atoms with E-state index < -0.39 is 0 Å². The molecule has 0 aliphatic heterocycles. The van der Waals surface area contributed by atoms with Crippen LogP contribution in [0.15, 0.2) is 18.2 Å². The highest BCUT2D eigenvalue weighted by Gasteiger charge is 2.10. The molecule has 6 heteroatoms. The number of benzene rings is 1. The van der Waals surface area contributed by atoms with Gasteiger partial charge in [-0.15, -0.1) is 0 Å². The number of hydrogen-bond acceptors (Lipinski definition) is 3. The molecule has 0 heterocycles. The van der Waals surface area contributed by atoms with Gasteiger partial charge in [-0.25, -0.2) is 4.79 Å². The Bertz CT molecular complexity index is 451. The Hall–Kier alpha value is -1.46. The van der Waals surface area contributed by atoms with Gasteiger partial charge in [-0.1, -0.05) is 18.7 Å². The Balaban J connectivity index is 0.00000441. The lowest BCUT2D eigenvalue weighted by molar-refractivity contribution is -0.896. The molecule has 0 aromatic heterocycles. The van der Waals surface area contributed by atoms with Crippen LogP contribution in [0.3, 0.4) is 0 Å². The molecule has 0 saturated carbocycles. The number of quaternary nitrogens is 1. The molecule has 0 radical (unpaired) electrons. The van der Waals surface area contributed by atoms with Gasteiger partial charge in [0.25, 0.3) is 0 Å². The van der Waals surface area contributed by atoms with Crippen LogP contribution in [0.2, 0.25) is 0 Å². The van der Waals surface area contributed by atoms with E-state index in [2.05, 4.69) is 13.8 Å². The van der Waals surface area contributed by atoms with E-state index in [1.54, 1.807) is 12.1 Å². The summed E-state index contributed by atoms with van der Waals surface area (Å²) in [6.45, 7) is 10.1. The average Bonchev–Trinajstić information content (AvgIpc) is 2.50. The van der Waals surface area contributed by atoms with Crippen LogP contribution in [-0.4, -0.2) is 38.8 Å². The number of halogens is 1. The van der Waals surface area contributed by atoms with Crippen LogP contribution in [0.4, 0.5) is 5.69 Å². The van der Waals surface area contributed by atoms with Gasteiger partial charge in [0.2, 0.25) is 0 Å². The van der Waals surface area contributed by atoms with E-state index in [4.69, 9.17) is 15.2 Å². The van der Waals surface area contributed by atoms with Crippen molar-refractivity contribution in [2.45, 2.75) is 27.2 Å². The minimum atomic E-state index is -0.378. The van der Waals surface area contributed by atoms with Gasteiger partial charge in [0.05, 0.1) is 25.3 Å². The van der Waals surface area contributed by atoms with E-state index in [0.717, 1.165) is 26.1 Å². The number of esters is 1. The van der Waals surface area contributed by atoms with Gasteiger partial charge in [0, 0.05) is 0 Å². The van der Waals surface area contributed by atoms with Gasteiger partial charge in [0.15, 0.2) is 0 Å². The van der Waals surface area contributed by atoms with Crippen molar-refractivity contribution in [1.29, 1.82) is 0 Å². The Morgan fingerprint density at radius 2 is 1.86 bits per heavy atom. The molecule has 0 spiro atoms. The molecule has 0 aliphatic carbocycles. The van der Waals surface area contributed by atoms with Gasteiger partial charge >= 0.3 is 5.97 Å². The highest BCUT2D eigenvalue weighted by molar-refractivity contribution is 5.91. The third-order valence-corrected chi connectivity index (χ3v) is 3.37. The van der Waals surface area contributed by atoms with E-state index >= 15 is 0 Å². The Morgan fingerprint density at radius 1 is 1.18 bits per heavy atom. The molecule has 0 bridgehead atoms. The molecule has 2 N–H and O–H groups in total. The molecule has 0 saturated heterocycles. The van der Waals surface area contributed by atoms with Crippen molar-refractivity contribution in [2.24, 2.45) is 0 Å². The maximum absolute atomic E-state index is 11.9. The molecule has 0 unspecified atom stereocenters. The van der Waals surface area contributed by atoms with E-state index in [9.17, 15) is 4.79 Å². The largest absolute Gasteiger partial charge is 1.00 e. The summed E-state index contributed by atoms with van der Waals surface area (Å²) in [6.07, 6.45) is 0.886. The molecule has 0 atom stereocenters. The molecule has 5 nitrogen and oxygen atoms in total. The summed E-state index contributed by atoms with van der Waals surface area (Å²) in [5.41, 5.74) is 8.47. The SMILES string of the molecule is CCCOc1ccc(C(=O)OCC[NH+](CC)CC)cc1[NH-].[Cl-]. The second-order valence-corrected chi connectivity index (χ2v) is 4.90. The van der Waals surface area contributed by atoms with Crippen molar-refractivity contribution in [3.05, 3.63) is 29.5 Å². The summed E-state index contributed by atoms with van der Waals surface area (Å²) in [5, 5.41) is 0. The van der Waals surface area contributed by atoms with Gasteiger partial charge in [-0.05, 0) is 32.4 Å². The number of likely N-dealkylation sites (N-methyl/N-ethyl adjacent to an activating group) is 1.